The largest absolute Gasteiger partial charge is 0.339 e. The summed E-state index contributed by atoms with van der Waals surface area (Å²) in [5.41, 5.74) is 0.860. The number of nitrogens with zero attached hydrogens (tertiary/aromatic N) is 2. The van der Waals surface area contributed by atoms with Crippen LogP contribution >= 0.6 is 22.9 Å². The molecule has 6 nitrogen and oxygen atoms in total. The molecule has 1 spiro atoms. The Balaban J connectivity index is 1.49. The summed E-state index contributed by atoms with van der Waals surface area (Å²) < 4.78 is 0.654. The van der Waals surface area contributed by atoms with Crippen LogP contribution in [0.15, 0.2) is 36.4 Å². The van der Waals surface area contributed by atoms with Crippen LogP contribution in [-0.4, -0.2) is 41.2 Å². The van der Waals surface area contributed by atoms with Crippen molar-refractivity contribution in [2.24, 2.45) is 0 Å². The van der Waals surface area contributed by atoms with Gasteiger partial charge in [-0.25, -0.2) is 4.79 Å². The number of hydrogen-bond acceptors (Lipinski definition) is 4. The van der Waals surface area contributed by atoms with Crippen LogP contribution in [0.5, 0.6) is 0 Å². The van der Waals surface area contributed by atoms with Gasteiger partial charge in [-0.1, -0.05) is 35.9 Å². The molecule has 1 N–H and O–H groups in total. The monoisotopic (exact) mass is 403 g/mol. The molecule has 8 heteroatoms. The number of hydrogen-bond donors (Lipinski definition) is 1. The predicted molar refractivity (Wildman–Crippen MR) is 102 cm³/mol. The van der Waals surface area contributed by atoms with E-state index in [1.807, 2.05) is 30.3 Å². The fourth-order valence-electron chi connectivity index (χ4n) is 3.75. The molecular weight excluding hydrogens is 386 g/mol. The van der Waals surface area contributed by atoms with E-state index in [9.17, 15) is 14.4 Å². The number of imide groups is 1. The van der Waals surface area contributed by atoms with Crippen molar-refractivity contribution in [1.29, 1.82) is 0 Å². The lowest BCUT2D eigenvalue weighted by atomic mass is 9.92. The van der Waals surface area contributed by atoms with E-state index in [2.05, 4.69) is 5.32 Å². The van der Waals surface area contributed by atoms with Crippen molar-refractivity contribution in [1.82, 2.24) is 15.1 Å². The number of aryl methyl sites for hydroxylation is 1. The van der Waals surface area contributed by atoms with E-state index in [1.54, 1.807) is 13.1 Å². The maximum absolute atomic E-state index is 13.1. The molecule has 1 fully saturated rings. The minimum absolute atomic E-state index is 0.274. The SMILES string of the molecule is CN(Cc1ccc(Cl)s1)C(=O)CN1C(=O)NC2(CCc3ccccc32)C1=O. The molecule has 1 aromatic heterocycles. The number of fused-ring (bicyclic) bond motifs is 2. The van der Waals surface area contributed by atoms with E-state index in [0.717, 1.165) is 27.3 Å². The second-order valence-electron chi connectivity index (χ2n) is 6.84. The van der Waals surface area contributed by atoms with E-state index >= 15 is 0 Å². The molecule has 2 aromatic rings. The quantitative estimate of drug-likeness (QED) is 0.798. The zero-order valence-electron chi connectivity index (χ0n) is 14.7. The number of likely N-dealkylation sites (N-methyl/N-ethyl adjacent to an activating group) is 1. The first kappa shape index (κ1) is 18.0. The van der Waals surface area contributed by atoms with Gasteiger partial charge in [-0.2, -0.15) is 0 Å². The molecule has 1 aliphatic carbocycles. The summed E-state index contributed by atoms with van der Waals surface area (Å²) in [5, 5.41) is 2.83. The Bertz CT molecular complexity index is 944. The second kappa shape index (κ2) is 6.65. The molecule has 1 unspecified atom stereocenters. The number of benzene rings is 1. The normalized spacial score (nSPS) is 20.9. The molecule has 27 heavy (non-hydrogen) atoms. The number of halogens is 1. The van der Waals surface area contributed by atoms with Gasteiger partial charge in [0.05, 0.1) is 10.9 Å². The highest BCUT2D eigenvalue weighted by atomic mass is 35.5. The van der Waals surface area contributed by atoms with Crippen molar-refractivity contribution in [3.05, 3.63) is 56.7 Å². The first-order valence-electron chi connectivity index (χ1n) is 8.61. The summed E-state index contributed by atoms with van der Waals surface area (Å²) in [7, 11) is 1.65. The minimum atomic E-state index is -1.03. The highest BCUT2D eigenvalue weighted by Gasteiger charge is 2.55. The fraction of sp³-hybridized carbons (Fsp3) is 0.316. The lowest BCUT2D eigenvalue weighted by molar-refractivity contribution is -0.138. The van der Waals surface area contributed by atoms with Crippen LogP contribution in [0.25, 0.3) is 0 Å². The van der Waals surface area contributed by atoms with Crippen molar-refractivity contribution in [2.45, 2.75) is 24.9 Å². The summed E-state index contributed by atoms with van der Waals surface area (Å²) in [6.07, 6.45) is 1.24. The topological polar surface area (TPSA) is 69.7 Å². The zero-order chi connectivity index (χ0) is 19.2. The Kier molecular flexibility index (Phi) is 4.44. The Morgan fingerprint density at radius 3 is 2.81 bits per heavy atom. The Morgan fingerprint density at radius 1 is 1.30 bits per heavy atom. The summed E-state index contributed by atoms with van der Waals surface area (Å²) in [4.78, 5) is 41.6. The number of thiophene rings is 1. The van der Waals surface area contributed by atoms with Gasteiger partial charge in [-0.3, -0.25) is 14.5 Å². The summed E-state index contributed by atoms with van der Waals surface area (Å²) in [6.45, 7) is 0.109. The molecule has 0 radical (unpaired) electrons. The van der Waals surface area contributed by atoms with Gasteiger partial charge in [0, 0.05) is 11.9 Å². The fourth-order valence-corrected chi connectivity index (χ4v) is 4.89. The number of carbonyl (C=O) groups excluding carboxylic acids is 3. The second-order valence-corrected chi connectivity index (χ2v) is 8.64. The molecule has 0 saturated carbocycles. The van der Waals surface area contributed by atoms with Crippen LogP contribution in [0.3, 0.4) is 0 Å². The molecule has 1 atom stereocenters. The van der Waals surface area contributed by atoms with Gasteiger partial charge in [0.25, 0.3) is 5.91 Å². The van der Waals surface area contributed by atoms with Gasteiger partial charge in [0.2, 0.25) is 5.91 Å². The minimum Gasteiger partial charge on any atom is -0.339 e. The average Bonchev–Trinajstić information content (AvgIpc) is 3.29. The van der Waals surface area contributed by atoms with Crippen molar-refractivity contribution in [3.8, 4) is 0 Å². The van der Waals surface area contributed by atoms with E-state index in [1.165, 1.54) is 16.2 Å². The van der Waals surface area contributed by atoms with Crippen molar-refractivity contribution >= 4 is 40.8 Å². The van der Waals surface area contributed by atoms with E-state index in [-0.39, 0.29) is 18.4 Å². The van der Waals surface area contributed by atoms with E-state index in [0.29, 0.717) is 17.3 Å². The molecule has 1 aromatic carbocycles. The summed E-state index contributed by atoms with van der Waals surface area (Å²) in [5.74, 6) is -0.648. The van der Waals surface area contributed by atoms with Crippen LogP contribution in [0.1, 0.15) is 22.4 Å². The average molecular weight is 404 g/mol. The van der Waals surface area contributed by atoms with Crippen LogP contribution in [0, 0.1) is 0 Å². The number of rotatable bonds is 4. The first-order chi connectivity index (χ1) is 12.9. The predicted octanol–water partition coefficient (Wildman–Crippen LogP) is 2.75. The molecule has 140 valence electrons. The number of amides is 4. The smallest absolute Gasteiger partial charge is 0.325 e. The van der Waals surface area contributed by atoms with E-state index < -0.39 is 11.6 Å². The molecular formula is C19H18ClN3O3S. The number of carbonyl (C=O) groups is 3. The Labute approximate surface area is 165 Å². The highest BCUT2D eigenvalue weighted by molar-refractivity contribution is 7.16. The molecule has 4 rings (SSSR count). The van der Waals surface area contributed by atoms with Crippen LogP contribution in [0.4, 0.5) is 4.79 Å². The maximum Gasteiger partial charge on any atom is 0.325 e. The Morgan fingerprint density at radius 2 is 2.07 bits per heavy atom. The van der Waals surface area contributed by atoms with Gasteiger partial charge >= 0.3 is 6.03 Å². The van der Waals surface area contributed by atoms with Crippen LogP contribution in [-0.2, 0) is 28.1 Å². The molecule has 2 heterocycles. The van der Waals surface area contributed by atoms with Gasteiger partial charge in [-0.15, -0.1) is 11.3 Å². The number of urea groups is 1. The summed E-state index contributed by atoms with van der Waals surface area (Å²) >= 11 is 7.32. The maximum atomic E-state index is 13.1. The standard InChI is InChI=1S/C19H18ClN3O3S/c1-22(10-13-6-7-15(20)27-13)16(24)11-23-17(25)19(21-18(23)26)9-8-12-4-2-3-5-14(12)19/h2-7H,8-11H2,1H3,(H,21,26). The lowest BCUT2D eigenvalue weighted by Crippen LogP contribution is -2.44. The van der Waals surface area contributed by atoms with Gasteiger partial charge in [0.15, 0.2) is 0 Å². The third-order valence-electron chi connectivity index (χ3n) is 5.16. The molecule has 0 bridgehead atoms. The van der Waals surface area contributed by atoms with Crippen LogP contribution < -0.4 is 5.32 Å². The highest BCUT2D eigenvalue weighted by Crippen LogP contribution is 2.41. The van der Waals surface area contributed by atoms with Gasteiger partial charge in [0.1, 0.15) is 12.1 Å². The van der Waals surface area contributed by atoms with Crippen molar-refractivity contribution < 1.29 is 14.4 Å². The third kappa shape index (κ3) is 3.00. The Hall–Kier alpha value is -2.38. The molecule has 4 amide bonds. The lowest BCUT2D eigenvalue weighted by Gasteiger charge is -2.23. The zero-order valence-corrected chi connectivity index (χ0v) is 16.3. The first-order valence-corrected chi connectivity index (χ1v) is 9.81. The summed E-state index contributed by atoms with van der Waals surface area (Å²) in [6, 6.07) is 10.7. The van der Waals surface area contributed by atoms with Crippen LogP contribution in [0.2, 0.25) is 4.34 Å². The van der Waals surface area contributed by atoms with Crippen molar-refractivity contribution in [2.75, 3.05) is 13.6 Å². The third-order valence-corrected chi connectivity index (χ3v) is 6.38. The molecule has 2 aliphatic rings. The van der Waals surface area contributed by atoms with Crippen molar-refractivity contribution in [3.63, 3.8) is 0 Å². The van der Waals surface area contributed by atoms with Gasteiger partial charge < -0.3 is 10.2 Å². The molecule has 1 aliphatic heterocycles. The number of nitrogens with one attached hydrogen (secondary N) is 1. The molecule has 1 saturated heterocycles. The van der Waals surface area contributed by atoms with Gasteiger partial charge in [-0.05, 0) is 36.1 Å². The van der Waals surface area contributed by atoms with E-state index in [4.69, 9.17) is 11.6 Å².